The molecule has 1 aromatic heterocycles. The average molecular weight is 228 g/mol. The molecular formula is C4H2FIS. The van der Waals surface area contributed by atoms with Gasteiger partial charge in [0.25, 0.3) is 0 Å². The Morgan fingerprint density at radius 1 is 1.57 bits per heavy atom. The van der Waals surface area contributed by atoms with E-state index in [1.807, 2.05) is 22.6 Å². The molecule has 0 radical (unpaired) electrons. The van der Waals surface area contributed by atoms with Gasteiger partial charge in [0, 0.05) is 10.8 Å². The molecule has 3 heteroatoms. The van der Waals surface area contributed by atoms with Crippen molar-refractivity contribution in [3.8, 4) is 0 Å². The topological polar surface area (TPSA) is 0 Å². The summed E-state index contributed by atoms with van der Waals surface area (Å²) in [5, 5.41) is 3.26. The van der Waals surface area contributed by atoms with E-state index >= 15 is 0 Å². The van der Waals surface area contributed by atoms with Crippen LogP contribution in [-0.2, 0) is 0 Å². The molecule has 0 bridgehead atoms. The molecule has 0 aromatic carbocycles. The lowest BCUT2D eigenvalue weighted by Gasteiger charge is -1.72. The van der Waals surface area contributed by atoms with Crippen LogP contribution in [0.25, 0.3) is 0 Å². The summed E-state index contributed by atoms with van der Waals surface area (Å²) in [5.74, 6) is -0.106. The van der Waals surface area contributed by atoms with Crippen LogP contribution < -0.4 is 0 Å². The fraction of sp³-hybridized carbons (Fsp3) is 0. The van der Waals surface area contributed by atoms with Crippen LogP contribution in [0.5, 0.6) is 0 Å². The smallest absolute Gasteiger partial charge is 0.147 e. The summed E-state index contributed by atoms with van der Waals surface area (Å²) >= 11 is 3.34. The minimum absolute atomic E-state index is 0.106. The summed E-state index contributed by atoms with van der Waals surface area (Å²) in [7, 11) is 0. The summed E-state index contributed by atoms with van der Waals surface area (Å²) in [6, 6.07) is 0. The number of hydrogen-bond acceptors (Lipinski definition) is 1. The first-order valence-corrected chi connectivity index (χ1v) is 3.70. The molecule has 1 aromatic rings. The standard InChI is InChI=1S/C4H2FIS/c5-3-1-7-2-4(3)6/h1-2H. The van der Waals surface area contributed by atoms with E-state index in [9.17, 15) is 4.39 Å². The zero-order valence-corrected chi connectivity index (χ0v) is 6.29. The Morgan fingerprint density at radius 2 is 2.29 bits per heavy atom. The van der Waals surface area contributed by atoms with Gasteiger partial charge >= 0.3 is 0 Å². The Bertz CT molecular complexity index is 144. The van der Waals surface area contributed by atoms with Gasteiger partial charge in [0.1, 0.15) is 5.82 Å². The van der Waals surface area contributed by atoms with Crippen molar-refractivity contribution >= 4 is 33.9 Å². The Balaban J connectivity index is 3.12. The zero-order valence-electron chi connectivity index (χ0n) is 3.32. The zero-order chi connectivity index (χ0) is 5.28. The van der Waals surface area contributed by atoms with Gasteiger partial charge in [0.2, 0.25) is 0 Å². The SMILES string of the molecule is Fc1cscc1I. The van der Waals surface area contributed by atoms with E-state index in [1.54, 1.807) is 5.38 Å². The maximum Gasteiger partial charge on any atom is 0.147 e. The first-order valence-electron chi connectivity index (χ1n) is 1.68. The van der Waals surface area contributed by atoms with Crippen molar-refractivity contribution in [2.45, 2.75) is 0 Å². The van der Waals surface area contributed by atoms with Crippen LogP contribution in [0.2, 0.25) is 0 Å². The van der Waals surface area contributed by atoms with Gasteiger partial charge in [-0.15, -0.1) is 11.3 Å². The fourth-order valence-electron chi connectivity index (χ4n) is 0.266. The highest BCUT2D eigenvalue weighted by Crippen LogP contribution is 2.13. The van der Waals surface area contributed by atoms with Crippen molar-refractivity contribution in [1.82, 2.24) is 0 Å². The van der Waals surface area contributed by atoms with Gasteiger partial charge in [-0.3, -0.25) is 0 Å². The van der Waals surface area contributed by atoms with E-state index in [0.717, 1.165) is 0 Å². The van der Waals surface area contributed by atoms with Gasteiger partial charge < -0.3 is 0 Å². The number of halogens is 2. The van der Waals surface area contributed by atoms with Crippen LogP contribution >= 0.6 is 33.9 Å². The third-order valence-corrected chi connectivity index (χ3v) is 2.54. The second kappa shape index (κ2) is 2.09. The molecule has 0 nitrogen and oxygen atoms in total. The summed E-state index contributed by atoms with van der Waals surface area (Å²) in [6.07, 6.45) is 0. The van der Waals surface area contributed by atoms with E-state index in [0.29, 0.717) is 3.57 Å². The second-order valence-corrected chi connectivity index (χ2v) is 2.97. The van der Waals surface area contributed by atoms with Gasteiger partial charge in [0.15, 0.2) is 0 Å². The molecule has 0 aliphatic heterocycles. The van der Waals surface area contributed by atoms with Crippen molar-refractivity contribution in [1.29, 1.82) is 0 Å². The summed E-state index contributed by atoms with van der Waals surface area (Å²) < 4.78 is 12.8. The van der Waals surface area contributed by atoms with E-state index in [2.05, 4.69) is 0 Å². The average Bonchev–Trinajstić information content (AvgIpc) is 1.91. The van der Waals surface area contributed by atoms with Crippen LogP contribution in [0.3, 0.4) is 0 Å². The molecule has 7 heavy (non-hydrogen) atoms. The monoisotopic (exact) mass is 228 g/mol. The number of thiophene rings is 1. The van der Waals surface area contributed by atoms with Gasteiger partial charge in [0.05, 0.1) is 3.57 Å². The van der Waals surface area contributed by atoms with Crippen LogP contribution in [0.4, 0.5) is 4.39 Å². The van der Waals surface area contributed by atoms with Gasteiger partial charge in [-0.2, -0.15) is 0 Å². The Labute approximate surface area is 58.5 Å². The molecule has 1 rings (SSSR count). The lowest BCUT2D eigenvalue weighted by atomic mass is 10.6. The molecule has 0 aliphatic rings. The van der Waals surface area contributed by atoms with Crippen molar-refractivity contribution in [3.05, 3.63) is 20.1 Å². The minimum Gasteiger partial charge on any atom is -0.205 e. The highest BCUT2D eigenvalue weighted by molar-refractivity contribution is 14.1. The Hall–Kier alpha value is 0.360. The van der Waals surface area contributed by atoms with E-state index in [-0.39, 0.29) is 5.82 Å². The van der Waals surface area contributed by atoms with Gasteiger partial charge in [-0.05, 0) is 22.6 Å². The Morgan fingerprint density at radius 3 is 2.43 bits per heavy atom. The Kier molecular flexibility index (Phi) is 1.64. The van der Waals surface area contributed by atoms with Crippen LogP contribution in [-0.4, -0.2) is 0 Å². The van der Waals surface area contributed by atoms with E-state index in [1.165, 1.54) is 16.7 Å². The summed E-state index contributed by atoms with van der Waals surface area (Å²) in [4.78, 5) is 0. The number of hydrogen-bond donors (Lipinski definition) is 0. The maximum atomic E-state index is 12.1. The molecule has 0 N–H and O–H groups in total. The summed E-state index contributed by atoms with van der Waals surface area (Å²) in [5.41, 5.74) is 0. The first kappa shape index (κ1) is 5.50. The van der Waals surface area contributed by atoms with Crippen molar-refractivity contribution in [3.63, 3.8) is 0 Å². The molecule has 1 heterocycles. The fourth-order valence-corrected chi connectivity index (χ4v) is 1.62. The molecule has 0 spiro atoms. The molecule has 0 atom stereocenters. The summed E-state index contributed by atoms with van der Waals surface area (Å²) in [6.45, 7) is 0. The molecule has 0 aliphatic carbocycles. The minimum atomic E-state index is -0.106. The normalized spacial score (nSPS) is 9.43. The van der Waals surface area contributed by atoms with Crippen LogP contribution in [0, 0.1) is 9.39 Å². The predicted molar refractivity (Wildman–Crippen MR) is 37.0 cm³/mol. The first-order chi connectivity index (χ1) is 3.30. The molecule has 0 saturated carbocycles. The van der Waals surface area contributed by atoms with Crippen LogP contribution in [0.15, 0.2) is 10.8 Å². The van der Waals surface area contributed by atoms with Crippen molar-refractivity contribution in [2.24, 2.45) is 0 Å². The molecular weight excluding hydrogens is 226 g/mol. The predicted octanol–water partition coefficient (Wildman–Crippen LogP) is 2.49. The molecule has 0 unspecified atom stereocenters. The molecule has 0 fully saturated rings. The maximum absolute atomic E-state index is 12.1. The lowest BCUT2D eigenvalue weighted by Crippen LogP contribution is -1.63. The van der Waals surface area contributed by atoms with Crippen LogP contribution in [0.1, 0.15) is 0 Å². The third-order valence-electron chi connectivity index (χ3n) is 0.571. The quantitative estimate of drug-likeness (QED) is 0.598. The second-order valence-electron chi connectivity index (χ2n) is 1.07. The van der Waals surface area contributed by atoms with Gasteiger partial charge in [-0.1, -0.05) is 0 Å². The van der Waals surface area contributed by atoms with Crippen molar-refractivity contribution in [2.75, 3.05) is 0 Å². The lowest BCUT2D eigenvalue weighted by molar-refractivity contribution is 0.626. The van der Waals surface area contributed by atoms with E-state index in [4.69, 9.17) is 0 Å². The van der Waals surface area contributed by atoms with Gasteiger partial charge in [-0.25, -0.2) is 4.39 Å². The molecule has 38 valence electrons. The highest BCUT2D eigenvalue weighted by Gasteiger charge is 1.93. The van der Waals surface area contributed by atoms with Crippen molar-refractivity contribution < 1.29 is 4.39 Å². The molecule has 0 amide bonds. The van der Waals surface area contributed by atoms with E-state index < -0.39 is 0 Å². The third kappa shape index (κ3) is 1.13. The number of rotatable bonds is 0. The highest BCUT2D eigenvalue weighted by atomic mass is 127. The molecule has 0 saturated heterocycles. The largest absolute Gasteiger partial charge is 0.205 e.